The molecular formula is C12H14FN3O3S. The molecule has 2 aliphatic rings. The van der Waals surface area contributed by atoms with Gasteiger partial charge in [0.25, 0.3) is 5.91 Å². The summed E-state index contributed by atoms with van der Waals surface area (Å²) in [6.07, 6.45) is 2.69. The first-order valence-electron chi connectivity index (χ1n) is 6.20. The Hall–Kier alpha value is -1.54. The van der Waals surface area contributed by atoms with Gasteiger partial charge in [-0.15, -0.1) is 0 Å². The van der Waals surface area contributed by atoms with Gasteiger partial charge in [-0.05, 0) is 12.1 Å². The van der Waals surface area contributed by atoms with Crippen LogP contribution in [0.5, 0.6) is 0 Å². The first-order valence-corrected chi connectivity index (χ1v) is 7.64. The maximum Gasteiger partial charge on any atom is 0.261 e. The van der Waals surface area contributed by atoms with Crippen molar-refractivity contribution >= 4 is 15.9 Å². The van der Waals surface area contributed by atoms with Crippen LogP contribution in [0, 0.1) is 5.92 Å². The van der Waals surface area contributed by atoms with E-state index in [1.165, 1.54) is 36.5 Å². The maximum absolute atomic E-state index is 14.7. The smallest absolute Gasteiger partial charge is 0.261 e. The zero-order valence-electron chi connectivity index (χ0n) is 10.9. The summed E-state index contributed by atoms with van der Waals surface area (Å²) in [6.45, 7) is -0.156. The monoisotopic (exact) mass is 299 g/mol. The number of hydrogen-bond acceptors (Lipinski definition) is 4. The normalized spacial score (nSPS) is 30.8. The van der Waals surface area contributed by atoms with Crippen LogP contribution < -0.4 is 0 Å². The standard InChI is InChI=1S/C12H14FN3O3S/c1-15-6-9-7-16(8-12(9,13)11(15)17)20(18,19)10-3-2-4-14-5-10/h2-5,9H,6-8H2,1H3/t9-,12-/m1/s1. The summed E-state index contributed by atoms with van der Waals surface area (Å²) < 4.78 is 40.5. The topological polar surface area (TPSA) is 70.6 Å². The number of nitrogens with zero attached hydrogens (tertiary/aromatic N) is 3. The van der Waals surface area contributed by atoms with Crippen molar-refractivity contribution in [3.63, 3.8) is 0 Å². The van der Waals surface area contributed by atoms with Crippen molar-refractivity contribution in [3.05, 3.63) is 24.5 Å². The molecule has 0 aliphatic carbocycles. The number of sulfonamides is 1. The SMILES string of the molecule is CN1C[C@@H]2CN(S(=O)(=O)c3cccnc3)C[C@]2(F)C1=O. The van der Waals surface area contributed by atoms with Crippen LogP contribution in [0.4, 0.5) is 4.39 Å². The summed E-state index contributed by atoms with van der Waals surface area (Å²) in [7, 11) is -2.27. The zero-order chi connectivity index (χ0) is 14.5. The number of carbonyl (C=O) groups excluding carboxylic acids is 1. The molecule has 0 unspecified atom stereocenters. The van der Waals surface area contributed by atoms with E-state index in [-0.39, 0.29) is 18.0 Å². The van der Waals surface area contributed by atoms with E-state index in [0.29, 0.717) is 0 Å². The van der Waals surface area contributed by atoms with Crippen LogP contribution in [0.15, 0.2) is 29.4 Å². The van der Waals surface area contributed by atoms with Gasteiger partial charge in [0.05, 0.1) is 6.54 Å². The number of carbonyl (C=O) groups is 1. The van der Waals surface area contributed by atoms with E-state index in [0.717, 1.165) is 4.31 Å². The van der Waals surface area contributed by atoms with E-state index in [2.05, 4.69) is 4.98 Å². The number of rotatable bonds is 2. The molecule has 0 radical (unpaired) electrons. The van der Waals surface area contributed by atoms with Crippen LogP contribution in [0.1, 0.15) is 0 Å². The van der Waals surface area contributed by atoms with Gasteiger partial charge in [0.2, 0.25) is 15.7 Å². The van der Waals surface area contributed by atoms with Crippen molar-refractivity contribution in [1.29, 1.82) is 0 Å². The molecule has 1 amide bonds. The number of alkyl halides is 1. The molecule has 0 saturated carbocycles. The minimum atomic E-state index is -3.80. The highest BCUT2D eigenvalue weighted by atomic mass is 32.2. The molecule has 1 aromatic rings. The molecule has 8 heteroatoms. The summed E-state index contributed by atoms with van der Waals surface area (Å²) in [5.41, 5.74) is -2.09. The lowest BCUT2D eigenvalue weighted by Gasteiger charge is -2.20. The fourth-order valence-corrected chi connectivity index (χ4v) is 4.32. The lowest BCUT2D eigenvalue weighted by Crippen LogP contribution is -2.42. The number of likely N-dealkylation sites (tertiary alicyclic amines) is 1. The zero-order valence-corrected chi connectivity index (χ0v) is 11.7. The number of hydrogen-bond donors (Lipinski definition) is 0. The third-order valence-corrected chi connectivity index (χ3v) is 5.74. The van der Waals surface area contributed by atoms with Crippen LogP contribution in [0.2, 0.25) is 0 Å². The average molecular weight is 299 g/mol. The Labute approximate surface area is 116 Å². The van der Waals surface area contributed by atoms with Gasteiger partial charge in [0.15, 0.2) is 0 Å². The van der Waals surface area contributed by atoms with Crippen LogP contribution in [-0.4, -0.2) is 60.9 Å². The molecule has 0 spiro atoms. The van der Waals surface area contributed by atoms with Crippen molar-refractivity contribution in [2.75, 3.05) is 26.7 Å². The molecule has 2 saturated heterocycles. The quantitative estimate of drug-likeness (QED) is 0.763. The van der Waals surface area contributed by atoms with Gasteiger partial charge in [-0.2, -0.15) is 4.31 Å². The van der Waals surface area contributed by atoms with E-state index in [9.17, 15) is 17.6 Å². The van der Waals surface area contributed by atoms with E-state index >= 15 is 0 Å². The first kappa shape index (κ1) is 13.4. The molecule has 1 aromatic heterocycles. The van der Waals surface area contributed by atoms with Gasteiger partial charge in [0, 0.05) is 38.4 Å². The number of aromatic nitrogens is 1. The van der Waals surface area contributed by atoms with Crippen LogP contribution in [-0.2, 0) is 14.8 Å². The molecule has 2 atom stereocenters. The summed E-state index contributed by atoms with van der Waals surface area (Å²) >= 11 is 0. The highest BCUT2D eigenvalue weighted by molar-refractivity contribution is 7.89. The molecule has 3 heterocycles. The van der Waals surface area contributed by atoms with E-state index < -0.39 is 34.1 Å². The summed E-state index contributed by atoms with van der Waals surface area (Å²) in [4.78, 5) is 16.9. The summed E-state index contributed by atoms with van der Waals surface area (Å²) in [6, 6.07) is 2.92. The minimum Gasteiger partial charge on any atom is -0.342 e. The molecule has 20 heavy (non-hydrogen) atoms. The number of amides is 1. The second-order valence-corrected chi connectivity index (χ2v) is 7.17. The molecular weight excluding hydrogens is 285 g/mol. The van der Waals surface area contributed by atoms with Gasteiger partial charge in [0.1, 0.15) is 4.90 Å². The Morgan fingerprint density at radius 1 is 1.45 bits per heavy atom. The van der Waals surface area contributed by atoms with Gasteiger partial charge < -0.3 is 4.90 Å². The predicted octanol–water partition coefficient (Wildman–Crippen LogP) is -0.118. The average Bonchev–Trinajstić information content (AvgIpc) is 2.86. The predicted molar refractivity (Wildman–Crippen MR) is 68.0 cm³/mol. The molecule has 2 fully saturated rings. The fraction of sp³-hybridized carbons (Fsp3) is 0.500. The van der Waals surface area contributed by atoms with E-state index in [1.54, 1.807) is 0 Å². The van der Waals surface area contributed by atoms with Gasteiger partial charge in [-0.25, -0.2) is 12.8 Å². The van der Waals surface area contributed by atoms with Crippen molar-refractivity contribution < 1.29 is 17.6 Å². The van der Waals surface area contributed by atoms with Gasteiger partial charge in [-0.3, -0.25) is 9.78 Å². The van der Waals surface area contributed by atoms with Gasteiger partial charge in [-0.1, -0.05) is 0 Å². The van der Waals surface area contributed by atoms with E-state index in [1.807, 2.05) is 0 Å². The van der Waals surface area contributed by atoms with Crippen LogP contribution >= 0.6 is 0 Å². The van der Waals surface area contributed by atoms with Gasteiger partial charge >= 0.3 is 0 Å². The highest BCUT2D eigenvalue weighted by Crippen LogP contribution is 2.40. The third kappa shape index (κ3) is 1.75. The highest BCUT2D eigenvalue weighted by Gasteiger charge is 2.61. The molecule has 3 rings (SSSR count). The second-order valence-electron chi connectivity index (χ2n) is 5.23. The Kier molecular flexibility index (Phi) is 2.84. The second kappa shape index (κ2) is 4.23. The van der Waals surface area contributed by atoms with E-state index in [4.69, 9.17) is 0 Å². The largest absolute Gasteiger partial charge is 0.342 e. The molecule has 2 aliphatic heterocycles. The third-order valence-electron chi connectivity index (χ3n) is 3.95. The fourth-order valence-electron chi connectivity index (χ4n) is 2.85. The number of fused-ring (bicyclic) bond motifs is 1. The number of pyridine rings is 1. The molecule has 108 valence electrons. The Morgan fingerprint density at radius 2 is 2.20 bits per heavy atom. The molecule has 6 nitrogen and oxygen atoms in total. The molecule has 0 N–H and O–H groups in total. The summed E-state index contributed by atoms with van der Waals surface area (Å²) in [5.74, 6) is -1.24. The molecule has 0 aromatic carbocycles. The molecule has 0 bridgehead atoms. The van der Waals surface area contributed by atoms with Crippen molar-refractivity contribution in [2.45, 2.75) is 10.6 Å². The Balaban J connectivity index is 1.91. The number of halogens is 1. The minimum absolute atomic E-state index is 0.0177. The first-order chi connectivity index (χ1) is 9.35. The van der Waals surface area contributed by atoms with Crippen molar-refractivity contribution in [3.8, 4) is 0 Å². The Morgan fingerprint density at radius 3 is 2.80 bits per heavy atom. The summed E-state index contributed by atoms with van der Waals surface area (Å²) in [5, 5.41) is 0. The van der Waals surface area contributed by atoms with Crippen molar-refractivity contribution in [2.24, 2.45) is 5.92 Å². The maximum atomic E-state index is 14.7. The van der Waals surface area contributed by atoms with Crippen LogP contribution in [0.3, 0.4) is 0 Å². The Bertz CT molecular complexity index is 651. The lowest BCUT2D eigenvalue weighted by molar-refractivity contribution is -0.136. The van der Waals surface area contributed by atoms with Crippen molar-refractivity contribution in [1.82, 2.24) is 14.2 Å². The lowest BCUT2D eigenvalue weighted by atomic mass is 9.97. The van der Waals surface area contributed by atoms with Crippen LogP contribution in [0.25, 0.3) is 0 Å².